The molecule has 0 amide bonds. The van der Waals surface area contributed by atoms with Crippen molar-refractivity contribution in [3.05, 3.63) is 60.2 Å². The molecular formula is C15H16N2O3. The van der Waals surface area contributed by atoms with Crippen LogP contribution in [0.4, 0.5) is 0 Å². The van der Waals surface area contributed by atoms with E-state index in [1.54, 1.807) is 12.1 Å². The minimum absolute atomic E-state index is 0.0226. The normalized spacial score (nSPS) is 11.1. The van der Waals surface area contributed by atoms with Crippen molar-refractivity contribution in [1.82, 2.24) is 0 Å². The van der Waals surface area contributed by atoms with Gasteiger partial charge in [-0.1, -0.05) is 35.5 Å². The summed E-state index contributed by atoms with van der Waals surface area (Å²) in [5.41, 5.74) is 6.42. The van der Waals surface area contributed by atoms with E-state index in [0.29, 0.717) is 12.4 Å². The quantitative estimate of drug-likeness (QED) is 0.366. The van der Waals surface area contributed by atoms with Crippen LogP contribution in [0.25, 0.3) is 0 Å². The molecule has 2 aromatic rings. The monoisotopic (exact) mass is 272 g/mol. The lowest BCUT2D eigenvalue weighted by atomic mass is 10.2. The van der Waals surface area contributed by atoms with E-state index in [1.165, 1.54) is 0 Å². The molecule has 0 radical (unpaired) electrons. The molecule has 0 unspecified atom stereocenters. The molecule has 0 atom stereocenters. The number of amidine groups is 1. The van der Waals surface area contributed by atoms with Crippen molar-refractivity contribution in [2.24, 2.45) is 10.9 Å². The van der Waals surface area contributed by atoms with E-state index in [2.05, 4.69) is 5.16 Å². The third-order valence-electron chi connectivity index (χ3n) is 2.59. The number of nitrogens with two attached hydrogens (primary N) is 1. The van der Waals surface area contributed by atoms with Gasteiger partial charge in [-0.3, -0.25) is 0 Å². The van der Waals surface area contributed by atoms with E-state index >= 15 is 0 Å². The maximum Gasteiger partial charge on any atom is 0.177 e. The molecule has 0 spiro atoms. The molecule has 20 heavy (non-hydrogen) atoms. The highest BCUT2D eigenvalue weighted by atomic mass is 16.5. The second-order valence-corrected chi connectivity index (χ2v) is 4.13. The largest absolute Gasteiger partial charge is 0.489 e. The van der Waals surface area contributed by atoms with Gasteiger partial charge in [0, 0.05) is 0 Å². The number of oxime groups is 1. The highest BCUT2D eigenvalue weighted by Gasteiger charge is 1.99. The second kappa shape index (κ2) is 7.04. The highest BCUT2D eigenvalue weighted by molar-refractivity contribution is 5.81. The van der Waals surface area contributed by atoms with Crippen LogP contribution in [0, 0.1) is 0 Å². The van der Waals surface area contributed by atoms with Crippen molar-refractivity contribution >= 4 is 5.84 Å². The van der Waals surface area contributed by atoms with Crippen LogP contribution in [0.5, 0.6) is 11.5 Å². The van der Waals surface area contributed by atoms with E-state index in [0.717, 1.165) is 11.3 Å². The van der Waals surface area contributed by atoms with Crippen LogP contribution in [0.2, 0.25) is 0 Å². The van der Waals surface area contributed by atoms with Crippen LogP contribution in [-0.4, -0.2) is 17.6 Å². The Bertz CT molecular complexity index is 553. The van der Waals surface area contributed by atoms with Gasteiger partial charge >= 0.3 is 0 Å². The molecule has 3 N–H and O–H groups in total. The summed E-state index contributed by atoms with van der Waals surface area (Å²) >= 11 is 0. The molecule has 2 rings (SSSR count). The van der Waals surface area contributed by atoms with Gasteiger partial charge in [-0.25, -0.2) is 0 Å². The first-order valence-corrected chi connectivity index (χ1v) is 6.14. The van der Waals surface area contributed by atoms with Crippen molar-refractivity contribution < 1.29 is 14.7 Å². The van der Waals surface area contributed by atoms with Crippen molar-refractivity contribution in [3.8, 4) is 11.5 Å². The Morgan fingerprint density at radius 3 is 2.15 bits per heavy atom. The lowest BCUT2D eigenvalue weighted by molar-refractivity contribution is 0.302. The third-order valence-corrected chi connectivity index (χ3v) is 2.59. The van der Waals surface area contributed by atoms with Crippen LogP contribution < -0.4 is 15.2 Å². The van der Waals surface area contributed by atoms with Gasteiger partial charge in [0.1, 0.15) is 24.7 Å². The van der Waals surface area contributed by atoms with Gasteiger partial charge in [0.15, 0.2) is 5.84 Å². The van der Waals surface area contributed by atoms with Gasteiger partial charge in [0.25, 0.3) is 0 Å². The zero-order chi connectivity index (χ0) is 14.2. The van der Waals surface area contributed by atoms with Crippen LogP contribution >= 0.6 is 0 Å². The number of hydrogen-bond acceptors (Lipinski definition) is 4. The number of benzene rings is 2. The molecule has 0 aliphatic rings. The molecule has 0 saturated heterocycles. The molecule has 0 bridgehead atoms. The maximum absolute atomic E-state index is 8.40. The smallest absolute Gasteiger partial charge is 0.177 e. The Balaban J connectivity index is 1.85. The zero-order valence-electron chi connectivity index (χ0n) is 10.9. The summed E-state index contributed by atoms with van der Waals surface area (Å²) in [4.78, 5) is 0. The van der Waals surface area contributed by atoms with Gasteiger partial charge in [0.05, 0.1) is 0 Å². The summed E-state index contributed by atoms with van der Waals surface area (Å²) in [5, 5.41) is 11.2. The van der Waals surface area contributed by atoms with Gasteiger partial charge in [-0.2, -0.15) is 0 Å². The maximum atomic E-state index is 8.40. The van der Waals surface area contributed by atoms with Crippen molar-refractivity contribution in [2.45, 2.75) is 6.61 Å². The highest BCUT2D eigenvalue weighted by Crippen LogP contribution is 2.18. The Hall–Kier alpha value is -2.69. The molecule has 0 aromatic heterocycles. The molecular weight excluding hydrogens is 256 g/mol. The SMILES string of the molecule is N/C(COc1ccc(OCc2ccccc2)cc1)=N\O. The van der Waals surface area contributed by atoms with Crippen molar-refractivity contribution in [3.63, 3.8) is 0 Å². The molecule has 104 valence electrons. The van der Waals surface area contributed by atoms with E-state index < -0.39 is 0 Å². The standard InChI is InChI=1S/C15H16N2O3/c16-15(17-18)11-20-14-8-6-13(7-9-14)19-10-12-4-2-1-3-5-12/h1-9,18H,10-11H2,(H2,16,17). The summed E-state index contributed by atoms with van der Waals surface area (Å²) < 4.78 is 11.0. The zero-order valence-corrected chi connectivity index (χ0v) is 10.9. The minimum Gasteiger partial charge on any atom is -0.489 e. The molecule has 0 saturated carbocycles. The molecule has 0 aliphatic heterocycles. The Labute approximate surface area is 117 Å². The molecule has 5 heteroatoms. The fourth-order valence-corrected chi connectivity index (χ4v) is 1.56. The fourth-order valence-electron chi connectivity index (χ4n) is 1.56. The first kappa shape index (κ1) is 13.7. The summed E-state index contributed by atoms with van der Waals surface area (Å²) in [6.07, 6.45) is 0. The molecule has 0 fully saturated rings. The predicted molar refractivity (Wildman–Crippen MR) is 76.1 cm³/mol. The number of nitrogens with zero attached hydrogens (tertiary/aromatic N) is 1. The molecule has 2 aromatic carbocycles. The summed E-state index contributed by atoms with van der Waals surface area (Å²) in [6, 6.07) is 17.1. The number of rotatable bonds is 6. The lowest BCUT2D eigenvalue weighted by Gasteiger charge is -2.08. The van der Waals surface area contributed by atoms with E-state index in [-0.39, 0.29) is 12.4 Å². The predicted octanol–water partition coefficient (Wildman–Crippen LogP) is 2.39. The summed E-state index contributed by atoms with van der Waals surface area (Å²) in [7, 11) is 0. The van der Waals surface area contributed by atoms with E-state index in [4.69, 9.17) is 20.4 Å². The topological polar surface area (TPSA) is 77.1 Å². The Morgan fingerprint density at radius 2 is 1.55 bits per heavy atom. The van der Waals surface area contributed by atoms with Crippen molar-refractivity contribution in [1.29, 1.82) is 0 Å². The van der Waals surface area contributed by atoms with Crippen molar-refractivity contribution in [2.75, 3.05) is 6.61 Å². The van der Waals surface area contributed by atoms with Gasteiger partial charge in [0.2, 0.25) is 0 Å². The summed E-state index contributed by atoms with van der Waals surface area (Å²) in [5.74, 6) is 1.41. The third kappa shape index (κ3) is 4.20. The van der Waals surface area contributed by atoms with Gasteiger partial charge < -0.3 is 20.4 Å². The number of hydrogen-bond donors (Lipinski definition) is 2. The first-order valence-electron chi connectivity index (χ1n) is 6.14. The second-order valence-electron chi connectivity index (χ2n) is 4.13. The van der Waals surface area contributed by atoms with E-state index in [1.807, 2.05) is 42.5 Å². The van der Waals surface area contributed by atoms with E-state index in [9.17, 15) is 0 Å². The molecule has 5 nitrogen and oxygen atoms in total. The number of ether oxygens (including phenoxy) is 2. The van der Waals surface area contributed by atoms with Crippen LogP contribution in [0.1, 0.15) is 5.56 Å². The van der Waals surface area contributed by atoms with Gasteiger partial charge in [-0.15, -0.1) is 0 Å². The van der Waals surface area contributed by atoms with Crippen LogP contribution in [0.15, 0.2) is 59.8 Å². The average molecular weight is 272 g/mol. The van der Waals surface area contributed by atoms with Gasteiger partial charge in [-0.05, 0) is 29.8 Å². The van der Waals surface area contributed by atoms with Crippen LogP contribution in [-0.2, 0) is 6.61 Å². The molecule has 0 heterocycles. The fraction of sp³-hybridized carbons (Fsp3) is 0.133. The Kier molecular flexibility index (Phi) is 4.83. The Morgan fingerprint density at radius 1 is 0.950 bits per heavy atom. The molecule has 0 aliphatic carbocycles. The minimum atomic E-state index is 0.0226. The first-order chi connectivity index (χ1) is 9.78. The summed E-state index contributed by atoms with van der Waals surface area (Å²) in [6.45, 7) is 0.561. The van der Waals surface area contributed by atoms with Crippen LogP contribution in [0.3, 0.4) is 0 Å². The average Bonchev–Trinajstić information content (AvgIpc) is 2.52. The lowest BCUT2D eigenvalue weighted by Crippen LogP contribution is -2.20.